The van der Waals surface area contributed by atoms with E-state index < -0.39 is 0 Å². The van der Waals surface area contributed by atoms with Gasteiger partial charge >= 0.3 is 0 Å². The summed E-state index contributed by atoms with van der Waals surface area (Å²) in [4.78, 5) is 3.94. The standard InChI is InChI=1S/C16H16N4O/c17-11-13-6-7-14(20-16(18)19)10-15(13)21-9-8-12-4-2-1-3-5-12/h1-7,10H,8-9H2,(H4,18,19,20). The average Bonchev–Trinajstić information content (AvgIpc) is 2.48. The number of benzene rings is 2. The largest absolute Gasteiger partial charge is 0.492 e. The lowest BCUT2D eigenvalue weighted by Crippen LogP contribution is -2.21. The minimum absolute atomic E-state index is 0.0325. The van der Waals surface area contributed by atoms with Gasteiger partial charge in [-0.15, -0.1) is 0 Å². The van der Waals surface area contributed by atoms with Gasteiger partial charge in [0.05, 0.1) is 17.9 Å². The van der Waals surface area contributed by atoms with Crippen molar-refractivity contribution in [3.63, 3.8) is 0 Å². The Balaban J connectivity index is 2.07. The lowest BCUT2D eigenvalue weighted by atomic mass is 10.1. The summed E-state index contributed by atoms with van der Waals surface area (Å²) in [5.41, 5.74) is 12.9. The Morgan fingerprint density at radius 2 is 1.90 bits per heavy atom. The first kappa shape index (κ1) is 14.4. The first-order chi connectivity index (χ1) is 10.2. The Kier molecular flexibility index (Phi) is 4.78. The first-order valence-electron chi connectivity index (χ1n) is 6.49. The van der Waals surface area contributed by atoms with Crippen LogP contribution in [0.2, 0.25) is 0 Å². The van der Waals surface area contributed by atoms with Crippen LogP contribution in [0.1, 0.15) is 11.1 Å². The number of nitrogens with two attached hydrogens (primary N) is 2. The number of guanidine groups is 1. The summed E-state index contributed by atoms with van der Waals surface area (Å²) in [5, 5.41) is 9.09. The third-order valence-corrected chi connectivity index (χ3v) is 2.83. The van der Waals surface area contributed by atoms with Gasteiger partial charge in [0, 0.05) is 12.5 Å². The molecule has 0 saturated carbocycles. The molecule has 0 aliphatic heterocycles. The first-order valence-corrected chi connectivity index (χ1v) is 6.49. The molecule has 21 heavy (non-hydrogen) atoms. The summed E-state index contributed by atoms with van der Waals surface area (Å²) in [6.45, 7) is 0.476. The molecular formula is C16H16N4O. The second-order valence-electron chi connectivity index (χ2n) is 4.41. The molecule has 0 heterocycles. The molecule has 5 nitrogen and oxygen atoms in total. The van der Waals surface area contributed by atoms with Crippen molar-refractivity contribution in [2.45, 2.75) is 6.42 Å². The molecule has 0 amide bonds. The van der Waals surface area contributed by atoms with E-state index in [0.29, 0.717) is 23.6 Å². The number of aliphatic imine (C=N–C) groups is 1. The van der Waals surface area contributed by atoms with E-state index in [-0.39, 0.29) is 5.96 Å². The van der Waals surface area contributed by atoms with Gasteiger partial charge < -0.3 is 16.2 Å². The van der Waals surface area contributed by atoms with E-state index in [1.165, 1.54) is 5.56 Å². The van der Waals surface area contributed by atoms with Crippen LogP contribution in [0.3, 0.4) is 0 Å². The monoisotopic (exact) mass is 280 g/mol. The topological polar surface area (TPSA) is 97.4 Å². The van der Waals surface area contributed by atoms with Gasteiger partial charge in [-0.05, 0) is 17.7 Å². The molecule has 0 bridgehead atoms. The smallest absolute Gasteiger partial charge is 0.191 e. The van der Waals surface area contributed by atoms with Crippen LogP contribution in [0.15, 0.2) is 53.5 Å². The van der Waals surface area contributed by atoms with E-state index in [1.54, 1.807) is 18.2 Å². The Bertz CT molecular complexity index is 670. The highest BCUT2D eigenvalue weighted by Gasteiger charge is 2.05. The van der Waals surface area contributed by atoms with E-state index in [4.69, 9.17) is 21.5 Å². The van der Waals surface area contributed by atoms with Gasteiger partial charge in [0.15, 0.2) is 5.96 Å². The second kappa shape index (κ2) is 6.96. The number of hydrogen-bond acceptors (Lipinski definition) is 3. The van der Waals surface area contributed by atoms with Crippen molar-refractivity contribution >= 4 is 11.6 Å². The Labute approximate surface area is 123 Å². The molecule has 0 saturated heterocycles. The van der Waals surface area contributed by atoms with Crippen LogP contribution >= 0.6 is 0 Å². The van der Waals surface area contributed by atoms with Gasteiger partial charge in [0.1, 0.15) is 11.8 Å². The van der Waals surface area contributed by atoms with Gasteiger partial charge in [0.25, 0.3) is 0 Å². The number of hydrogen-bond donors (Lipinski definition) is 2. The third-order valence-electron chi connectivity index (χ3n) is 2.83. The van der Waals surface area contributed by atoms with E-state index in [9.17, 15) is 0 Å². The van der Waals surface area contributed by atoms with Crippen LogP contribution in [0.4, 0.5) is 5.69 Å². The molecule has 0 aromatic heterocycles. The SMILES string of the molecule is N#Cc1ccc(N=C(N)N)cc1OCCc1ccccc1. The van der Waals surface area contributed by atoms with E-state index in [2.05, 4.69) is 11.1 Å². The zero-order valence-electron chi connectivity index (χ0n) is 11.5. The number of rotatable bonds is 5. The number of ether oxygens (including phenoxy) is 1. The quantitative estimate of drug-likeness (QED) is 0.647. The molecular weight excluding hydrogens is 264 g/mol. The maximum Gasteiger partial charge on any atom is 0.191 e. The lowest BCUT2D eigenvalue weighted by molar-refractivity contribution is 0.321. The van der Waals surface area contributed by atoms with E-state index in [0.717, 1.165) is 6.42 Å². The van der Waals surface area contributed by atoms with E-state index in [1.807, 2.05) is 30.3 Å². The minimum atomic E-state index is -0.0325. The van der Waals surface area contributed by atoms with Crippen molar-refractivity contribution in [1.82, 2.24) is 0 Å². The summed E-state index contributed by atoms with van der Waals surface area (Å²) in [6.07, 6.45) is 0.762. The zero-order chi connectivity index (χ0) is 15.1. The molecule has 2 rings (SSSR count). The average molecular weight is 280 g/mol. The Morgan fingerprint density at radius 1 is 1.14 bits per heavy atom. The number of nitriles is 1. The molecule has 0 radical (unpaired) electrons. The molecule has 2 aromatic carbocycles. The Morgan fingerprint density at radius 3 is 2.57 bits per heavy atom. The maximum absolute atomic E-state index is 9.09. The fourth-order valence-corrected chi connectivity index (χ4v) is 1.86. The predicted octanol–water partition coefficient (Wildman–Crippen LogP) is 2.08. The van der Waals surface area contributed by atoms with Crippen molar-refractivity contribution < 1.29 is 4.74 Å². The van der Waals surface area contributed by atoms with Gasteiger partial charge in [-0.25, -0.2) is 4.99 Å². The van der Waals surface area contributed by atoms with Crippen LogP contribution in [-0.4, -0.2) is 12.6 Å². The van der Waals surface area contributed by atoms with Gasteiger partial charge in [0.2, 0.25) is 0 Å². The highest BCUT2D eigenvalue weighted by atomic mass is 16.5. The van der Waals surface area contributed by atoms with Gasteiger partial charge in [-0.1, -0.05) is 30.3 Å². The zero-order valence-corrected chi connectivity index (χ0v) is 11.5. The van der Waals surface area contributed by atoms with Crippen molar-refractivity contribution in [2.75, 3.05) is 6.61 Å². The summed E-state index contributed by atoms with van der Waals surface area (Å²) in [7, 11) is 0. The van der Waals surface area contributed by atoms with Crippen LogP contribution in [0, 0.1) is 11.3 Å². The third kappa shape index (κ3) is 4.25. The van der Waals surface area contributed by atoms with Crippen LogP contribution < -0.4 is 16.2 Å². The lowest BCUT2D eigenvalue weighted by Gasteiger charge is -2.08. The van der Waals surface area contributed by atoms with Crippen LogP contribution in [0.25, 0.3) is 0 Å². The molecule has 4 N–H and O–H groups in total. The second-order valence-corrected chi connectivity index (χ2v) is 4.41. The van der Waals surface area contributed by atoms with Crippen LogP contribution in [0.5, 0.6) is 5.75 Å². The van der Waals surface area contributed by atoms with Crippen molar-refractivity contribution in [1.29, 1.82) is 5.26 Å². The minimum Gasteiger partial charge on any atom is -0.492 e. The summed E-state index contributed by atoms with van der Waals surface area (Å²) < 4.78 is 5.68. The predicted molar refractivity (Wildman–Crippen MR) is 82.3 cm³/mol. The van der Waals surface area contributed by atoms with Crippen LogP contribution in [-0.2, 0) is 6.42 Å². The normalized spacial score (nSPS) is 9.67. The fourth-order valence-electron chi connectivity index (χ4n) is 1.86. The molecule has 0 unspecified atom stereocenters. The molecule has 2 aromatic rings. The van der Waals surface area contributed by atoms with Gasteiger partial charge in [-0.2, -0.15) is 5.26 Å². The Hall–Kier alpha value is -3.00. The van der Waals surface area contributed by atoms with E-state index >= 15 is 0 Å². The van der Waals surface area contributed by atoms with Crippen molar-refractivity contribution in [3.8, 4) is 11.8 Å². The molecule has 0 atom stereocenters. The summed E-state index contributed by atoms with van der Waals surface area (Å²) in [6, 6.07) is 17.0. The summed E-state index contributed by atoms with van der Waals surface area (Å²) >= 11 is 0. The molecule has 0 aliphatic carbocycles. The maximum atomic E-state index is 9.09. The highest BCUT2D eigenvalue weighted by molar-refractivity contribution is 5.79. The van der Waals surface area contributed by atoms with Gasteiger partial charge in [-0.3, -0.25) is 0 Å². The molecule has 0 aliphatic rings. The molecule has 0 fully saturated rings. The number of nitrogens with zero attached hydrogens (tertiary/aromatic N) is 2. The molecule has 5 heteroatoms. The fraction of sp³-hybridized carbons (Fsp3) is 0.125. The molecule has 106 valence electrons. The highest BCUT2D eigenvalue weighted by Crippen LogP contribution is 2.24. The summed E-state index contributed by atoms with van der Waals surface area (Å²) in [5.74, 6) is 0.450. The molecule has 0 spiro atoms. The van der Waals surface area contributed by atoms with Crippen molar-refractivity contribution in [2.24, 2.45) is 16.5 Å². The van der Waals surface area contributed by atoms with Crippen molar-refractivity contribution in [3.05, 3.63) is 59.7 Å².